The Balaban J connectivity index is 1.65. The Morgan fingerprint density at radius 2 is 2.00 bits per heavy atom. The number of aliphatic hydroxyl groups is 1. The molecule has 0 bridgehead atoms. The zero-order valence-corrected chi connectivity index (χ0v) is 17.5. The number of rotatable bonds is 5. The van der Waals surface area contributed by atoms with Crippen LogP contribution in [-0.4, -0.2) is 40.5 Å². The molecule has 150 valence electrons. The largest absolute Gasteiger partial charge is 0.510 e. The number of nitrogens with one attached hydrogen (secondary N) is 1. The standard InChI is InChI=1S/C21H19N7OS/c1-12-8-9-15(10-13(12)2)28-21(25-26-27-28)30-14(3)19(29)16(11-22)20-23-17-6-4-5-7-18(17)24-20/h4-10,14,29H,1-3H3,(H,23,24)/b19-16-/t14-/m1/s1. The number of aliphatic hydroxyl groups excluding tert-OH is 1. The molecule has 0 saturated heterocycles. The van der Waals surface area contributed by atoms with Gasteiger partial charge in [-0.25, -0.2) is 4.98 Å². The first-order valence-corrected chi connectivity index (χ1v) is 10.2. The molecule has 0 amide bonds. The minimum absolute atomic E-state index is 0.0869. The minimum Gasteiger partial charge on any atom is -0.510 e. The normalized spacial score (nSPS) is 13.1. The number of nitrogens with zero attached hydrogens (tertiary/aromatic N) is 6. The van der Waals surface area contributed by atoms with Crippen LogP contribution in [0.25, 0.3) is 22.3 Å². The number of nitriles is 1. The summed E-state index contributed by atoms with van der Waals surface area (Å²) < 4.78 is 1.62. The van der Waals surface area contributed by atoms with Gasteiger partial charge in [-0.05, 0) is 66.6 Å². The molecule has 1 atom stereocenters. The maximum atomic E-state index is 10.8. The summed E-state index contributed by atoms with van der Waals surface area (Å²) in [7, 11) is 0. The predicted molar refractivity (Wildman–Crippen MR) is 115 cm³/mol. The molecule has 2 aromatic heterocycles. The van der Waals surface area contributed by atoms with Gasteiger partial charge in [-0.1, -0.05) is 30.0 Å². The van der Waals surface area contributed by atoms with E-state index >= 15 is 0 Å². The van der Waals surface area contributed by atoms with Crippen LogP contribution in [0, 0.1) is 25.2 Å². The van der Waals surface area contributed by atoms with Crippen molar-refractivity contribution in [2.75, 3.05) is 0 Å². The van der Waals surface area contributed by atoms with Gasteiger partial charge in [0.2, 0.25) is 5.16 Å². The van der Waals surface area contributed by atoms with E-state index in [1.54, 1.807) is 11.6 Å². The molecule has 0 aliphatic rings. The Kier molecular flexibility index (Phi) is 5.25. The summed E-state index contributed by atoms with van der Waals surface area (Å²) in [5.74, 6) is 0.244. The smallest absolute Gasteiger partial charge is 0.214 e. The summed E-state index contributed by atoms with van der Waals surface area (Å²) in [5.41, 5.74) is 4.76. The second-order valence-electron chi connectivity index (χ2n) is 6.88. The Labute approximate surface area is 177 Å². The van der Waals surface area contributed by atoms with Crippen molar-refractivity contribution in [3.63, 3.8) is 0 Å². The van der Waals surface area contributed by atoms with E-state index in [2.05, 4.69) is 31.6 Å². The highest BCUT2D eigenvalue weighted by Crippen LogP contribution is 2.30. The lowest BCUT2D eigenvalue weighted by Crippen LogP contribution is -2.08. The van der Waals surface area contributed by atoms with Gasteiger partial charge in [-0.3, -0.25) is 0 Å². The van der Waals surface area contributed by atoms with Gasteiger partial charge >= 0.3 is 0 Å². The quantitative estimate of drug-likeness (QED) is 0.285. The molecule has 0 saturated carbocycles. The molecule has 0 spiro atoms. The number of benzene rings is 2. The molecule has 2 heterocycles. The maximum Gasteiger partial charge on any atom is 0.214 e. The molecule has 0 unspecified atom stereocenters. The van der Waals surface area contributed by atoms with Crippen molar-refractivity contribution in [1.82, 2.24) is 30.2 Å². The van der Waals surface area contributed by atoms with E-state index in [0.717, 1.165) is 22.3 Å². The van der Waals surface area contributed by atoms with E-state index < -0.39 is 5.25 Å². The van der Waals surface area contributed by atoms with Gasteiger partial charge in [-0.15, -0.1) is 5.10 Å². The topological polar surface area (TPSA) is 116 Å². The summed E-state index contributed by atoms with van der Waals surface area (Å²) in [6.45, 7) is 5.86. The molecular formula is C21H19N7OS. The number of fused-ring (bicyclic) bond motifs is 1. The van der Waals surface area contributed by atoms with Crippen molar-refractivity contribution in [1.29, 1.82) is 5.26 Å². The van der Waals surface area contributed by atoms with Gasteiger partial charge in [0.1, 0.15) is 17.4 Å². The molecule has 2 aromatic carbocycles. The third-order valence-electron chi connectivity index (χ3n) is 4.84. The van der Waals surface area contributed by atoms with Crippen LogP contribution in [0.4, 0.5) is 0 Å². The molecule has 0 fully saturated rings. The Hall–Kier alpha value is -3.64. The van der Waals surface area contributed by atoms with Crippen LogP contribution in [0.2, 0.25) is 0 Å². The molecular weight excluding hydrogens is 398 g/mol. The van der Waals surface area contributed by atoms with E-state index in [-0.39, 0.29) is 11.3 Å². The van der Waals surface area contributed by atoms with Gasteiger partial charge in [0.05, 0.1) is 22.0 Å². The summed E-state index contributed by atoms with van der Waals surface area (Å²) in [4.78, 5) is 7.50. The number of aromatic amines is 1. The van der Waals surface area contributed by atoms with Crippen LogP contribution in [0.1, 0.15) is 23.9 Å². The number of imidazole rings is 1. The van der Waals surface area contributed by atoms with E-state index in [4.69, 9.17) is 0 Å². The summed E-state index contributed by atoms with van der Waals surface area (Å²) in [5, 5.41) is 32.4. The highest BCUT2D eigenvalue weighted by molar-refractivity contribution is 7.99. The van der Waals surface area contributed by atoms with Gasteiger partial charge in [0.15, 0.2) is 5.82 Å². The lowest BCUT2D eigenvalue weighted by molar-refractivity contribution is 0.401. The number of para-hydroxylation sites is 2. The highest BCUT2D eigenvalue weighted by atomic mass is 32.2. The van der Waals surface area contributed by atoms with Crippen LogP contribution in [0.3, 0.4) is 0 Å². The van der Waals surface area contributed by atoms with E-state index in [9.17, 15) is 10.4 Å². The lowest BCUT2D eigenvalue weighted by Gasteiger charge is -2.12. The zero-order valence-electron chi connectivity index (χ0n) is 16.7. The third-order valence-corrected chi connectivity index (χ3v) is 5.88. The van der Waals surface area contributed by atoms with Crippen molar-refractivity contribution in [3.05, 3.63) is 65.2 Å². The molecule has 30 heavy (non-hydrogen) atoms. The molecule has 9 heteroatoms. The molecule has 0 radical (unpaired) electrons. The van der Waals surface area contributed by atoms with Gasteiger partial charge in [0.25, 0.3) is 0 Å². The molecule has 0 aliphatic carbocycles. The number of aryl methyl sites for hydroxylation is 2. The van der Waals surface area contributed by atoms with Crippen LogP contribution in [0.15, 0.2) is 53.4 Å². The Bertz CT molecular complexity index is 1270. The van der Waals surface area contributed by atoms with E-state index in [1.165, 1.54) is 17.3 Å². The fourth-order valence-electron chi connectivity index (χ4n) is 2.99. The zero-order chi connectivity index (χ0) is 21.3. The van der Waals surface area contributed by atoms with Crippen molar-refractivity contribution in [2.45, 2.75) is 31.2 Å². The fourth-order valence-corrected chi connectivity index (χ4v) is 3.86. The molecule has 2 N–H and O–H groups in total. The first-order valence-electron chi connectivity index (χ1n) is 9.29. The number of hydrogen-bond acceptors (Lipinski definition) is 7. The Morgan fingerprint density at radius 1 is 1.20 bits per heavy atom. The third kappa shape index (κ3) is 3.65. The SMILES string of the molecule is Cc1ccc(-n2nnnc2S[C@H](C)/C(O)=C(\C#N)c2nc3ccccc3[nH]2)cc1C. The van der Waals surface area contributed by atoms with Gasteiger partial charge < -0.3 is 10.1 Å². The second-order valence-corrected chi connectivity index (χ2v) is 8.18. The summed E-state index contributed by atoms with van der Waals surface area (Å²) >= 11 is 1.26. The summed E-state index contributed by atoms with van der Waals surface area (Å²) in [6, 6.07) is 15.5. The monoisotopic (exact) mass is 417 g/mol. The molecule has 4 rings (SSSR count). The van der Waals surface area contributed by atoms with Crippen LogP contribution in [-0.2, 0) is 0 Å². The number of allylic oxidation sites excluding steroid dienone is 1. The summed E-state index contributed by atoms with van der Waals surface area (Å²) in [6.07, 6.45) is 0. The molecule has 8 nitrogen and oxygen atoms in total. The van der Waals surface area contributed by atoms with Crippen molar-refractivity contribution in [2.24, 2.45) is 0 Å². The number of aromatic nitrogens is 6. The number of tetrazole rings is 1. The lowest BCUT2D eigenvalue weighted by atomic mass is 10.1. The second kappa shape index (κ2) is 8.00. The number of thioether (sulfide) groups is 1. The van der Waals surface area contributed by atoms with Gasteiger partial charge in [-0.2, -0.15) is 9.94 Å². The van der Waals surface area contributed by atoms with Crippen molar-refractivity contribution in [3.8, 4) is 11.8 Å². The van der Waals surface area contributed by atoms with Gasteiger partial charge in [0, 0.05) is 0 Å². The molecule has 0 aliphatic heterocycles. The molecule has 4 aromatic rings. The Morgan fingerprint density at radius 3 is 2.73 bits per heavy atom. The number of H-pyrrole nitrogens is 1. The predicted octanol–water partition coefficient (Wildman–Crippen LogP) is 4.13. The first-order chi connectivity index (χ1) is 14.5. The first kappa shape index (κ1) is 19.7. The fraction of sp³-hybridized carbons (Fsp3) is 0.190. The van der Waals surface area contributed by atoms with Crippen molar-refractivity contribution >= 4 is 28.4 Å². The maximum absolute atomic E-state index is 10.8. The highest BCUT2D eigenvalue weighted by Gasteiger charge is 2.22. The minimum atomic E-state index is -0.468. The number of hydrogen-bond donors (Lipinski definition) is 2. The van der Waals surface area contributed by atoms with E-state index in [0.29, 0.717) is 11.0 Å². The van der Waals surface area contributed by atoms with Crippen molar-refractivity contribution < 1.29 is 5.11 Å². The van der Waals surface area contributed by atoms with E-state index in [1.807, 2.05) is 56.3 Å². The van der Waals surface area contributed by atoms with Crippen LogP contribution in [0.5, 0.6) is 0 Å². The average Bonchev–Trinajstić information content (AvgIpc) is 3.37. The average molecular weight is 417 g/mol. The van der Waals surface area contributed by atoms with Crippen LogP contribution < -0.4 is 0 Å². The van der Waals surface area contributed by atoms with Crippen LogP contribution >= 0.6 is 11.8 Å².